The Morgan fingerprint density at radius 1 is 1.12 bits per heavy atom. The van der Waals surface area contributed by atoms with Crippen LogP contribution in [-0.4, -0.2) is 25.0 Å². The summed E-state index contributed by atoms with van der Waals surface area (Å²) in [4.78, 5) is 15.5. The number of allylic oxidation sites excluding steroid dienone is 2. The third-order valence-electron chi connectivity index (χ3n) is 7.53. The van der Waals surface area contributed by atoms with E-state index in [9.17, 15) is 13.6 Å². The number of nitrogens with one attached hydrogen (secondary N) is 1. The minimum Gasteiger partial charge on any atom is -0.317 e. The maximum absolute atomic E-state index is 14.7. The zero-order valence-corrected chi connectivity index (χ0v) is 18.7. The van der Waals surface area contributed by atoms with Crippen molar-refractivity contribution >= 4 is 23.2 Å². The molecule has 3 nitrogen and oxygen atoms in total. The summed E-state index contributed by atoms with van der Waals surface area (Å²) in [5.41, 5.74) is 1.02. The monoisotopic (exact) mass is 456 g/mol. The first-order valence-corrected chi connectivity index (χ1v) is 11.8. The predicted molar refractivity (Wildman–Crippen MR) is 123 cm³/mol. The van der Waals surface area contributed by atoms with Crippen LogP contribution in [-0.2, 0) is 5.41 Å². The van der Waals surface area contributed by atoms with E-state index in [1.54, 1.807) is 11.0 Å². The summed E-state index contributed by atoms with van der Waals surface area (Å²) in [6.07, 6.45) is 10.0. The Morgan fingerprint density at radius 3 is 2.56 bits per heavy atom. The number of piperidine rings is 1. The summed E-state index contributed by atoms with van der Waals surface area (Å²) in [6, 6.07) is 8.99. The van der Waals surface area contributed by atoms with Gasteiger partial charge in [-0.25, -0.2) is 8.78 Å². The molecule has 6 heteroatoms. The van der Waals surface area contributed by atoms with Gasteiger partial charge in [-0.15, -0.1) is 0 Å². The highest BCUT2D eigenvalue weighted by molar-refractivity contribution is 6.30. The molecular weight excluding hydrogens is 430 g/mol. The van der Waals surface area contributed by atoms with Gasteiger partial charge < -0.3 is 10.2 Å². The molecular formula is C26H27ClF2N2O. The summed E-state index contributed by atoms with van der Waals surface area (Å²) >= 11 is 6.41. The van der Waals surface area contributed by atoms with Crippen LogP contribution in [0.25, 0.3) is 0 Å². The summed E-state index contributed by atoms with van der Waals surface area (Å²) in [7, 11) is 0. The molecule has 1 aliphatic carbocycles. The zero-order valence-electron chi connectivity index (χ0n) is 17.9. The van der Waals surface area contributed by atoms with E-state index in [0.717, 1.165) is 75.0 Å². The van der Waals surface area contributed by atoms with Crippen molar-refractivity contribution in [3.8, 4) is 0 Å². The van der Waals surface area contributed by atoms with Gasteiger partial charge in [-0.1, -0.05) is 29.8 Å². The minimum atomic E-state index is -0.823. The Morgan fingerprint density at radius 2 is 1.88 bits per heavy atom. The average molecular weight is 457 g/mol. The van der Waals surface area contributed by atoms with Gasteiger partial charge in [-0.05, 0) is 93.4 Å². The first kappa shape index (κ1) is 21.6. The number of carbonyl (C=O) groups excluding carboxylic acids is 1. The third-order valence-corrected chi connectivity index (χ3v) is 7.76. The van der Waals surface area contributed by atoms with Crippen LogP contribution in [0.4, 0.5) is 14.5 Å². The molecule has 2 heterocycles. The minimum absolute atomic E-state index is 0.166. The van der Waals surface area contributed by atoms with Crippen LogP contribution in [0.2, 0.25) is 5.02 Å². The van der Waals surface area contributed by atoms with E-state index in [-0.39, 0.29) is 11.5 Å². The number of nitrogens with zero attached hydrogens (tertiary/aromatic N) is 1. The number of halogens is 3. The molecule has 1 fully saturated rings. The van der Waals surface area contributed by atoms with E-state index in [1.165, 1.54) is 6.07 Å². The Labute approximate surface area is 192 Å². The second kappa shape index (κ2) is 8.60. The zero-order chi connectivity index (χ0) is 22.3. The molecule has 1 unspecified atom stereocenters. The smallest absolute Gasteiger partial charge is 0.264 e. The lowest BCUT2D eigenvalue weighted by atomic mass is 9.67. The standard InChI is InChI=1S/C26H27ClF2N2O/c27-18-9-10-22-19(16-18)26(11-13-30-14-12-26)23(15-17-5-2-1-3-6-17)31(22)25(32)24-20(28)7-4-8-21(24)29/h1-2,4,7-10,16-17,23,30H,3,5-6,11-15H2/t17?,23-/m1/s1. The van der Waals surface area contributed by atoms with Gasteiger partial charge in [0.05, 0.1) is 0 Å². The van der Waals surface area contributed by atoms with Crippen LogP contribution in [0.3, 0.4) is 0 Å². The van der Waals surface area contributed by atoms with E-state index >= 15 is 0 Å². The second-order valence-electron chi connectivity index (χ2n) is 9.24. The highest BCUT2D eigenvalue weighted by atomic mass is 35.5. The molecule has 2 aromatic rings. The van der Waals surface area contributed by atoms with Gasteiger partial charge in [-0.2, -0.15) is 0 Å². The fourth-order valence-corrected chi connectivity index (χ4v) is 6.15. The molecule has 3 aliphatic rings. The molecule has 2 aromatic carbocycles. The van der Waals surface area contributed by atoms with Crippen LogP contribution in [0.5, 0.6) is 0 Å². The number of rotatable bonds is 3. The Kier molecular flexibility index (Phi) is 5.81. The summed E-state index contributed by atoms with van der Waals surface area (Å²) in [5, 5.41) is 4.05. The predicted octanol–water partition coefficient (Wildman–Crippen LogP) is 6.01. The molecule has 32 heavy (non-hydrogen) atoms. The fraction of sp³-hybridized carbons (Fsp3) is 0.423. The fourth-order valence-electron chi connectivity index (χ4n) is 5.98. The topological polar surface area (TPSA) is 32.3 Å². The molecule has 0 radical (unpaired) electrons. The molecule has 1 amide bonds. The van der Waals surface area contributed by atoms with Crippen molar-refractivity contribution in [2.24, 2.45) is 5.92 Å². The molecule has 1 spiro atoms. The maximum atomic E-state index is 14.7. The molecule has 0 saturated carbocycles. The van der Waals surface area contributed by atoms with Crippen LogP contribution in [0, 0.1) is 17.6 Å². The van der Waals surface area contributed by atoms with Gasteiger partial charge in [0.2, 0.25) is 0 Å². The Bertz CT molecular complexity index is 1040. The highest BCUT2D eigenvalue weighted by Crippen LogP contribution is 2.53. The van der Waals surface area contributed by atoms with Gasteiger partial charge >= 0.3 is 0 Å². The number of hydrogen-bond donors (Lipinski definition) is 1. The first-order valence-electron chi connectivity index (χ1n) is 11.4. The quantitative estimate of drug-likeness (QED) is 0.573. The van der Waals surface area contributed by atoms with E-state index in [0.29, 0.717) is 10.9 Å². The number of anilines is 1. The SMILES string of the molecule is O=C(c1c(F)cccc1F)N1c2ccc(Cl)cc2C2(CCNCC2)[C@H]1CC1CC=CCC1. The second-order valence-corrected chi connectivity index (χ2v) is 9.68. The molecule has 1 N–H and O–H groups in total. The average Bonchev–Trinajstić information content (AvgIpc) is 3.03. The molecule has 168 valence electrons. The van der Waals surface area contributed by atoms with Gasteiger partial charge in [-0.3, -0.25) is 4.79 Å². The molecule has 2 atom stereocenters. The van der Waals surface area contributed by atoms with Crippen molar-refractivity contribution in [1.29, 1.82) is 0 Å². The van der Waals surface area contributed by atoms with Gasteiger partial charge in [0.1, 0.15) is 17.2 Å². The summed E-state index contributed by atoms with van der Waals surface area (Å²) < 4.78 is 29.4. The normalized spacial score (nSPS) is 24.0. The van der Waals surface area contributed by atoms with Crippen molar-refractivity contribution in [2.75, 3.05) is 18.0 Å². The first-order chi connectivity index (χ1) is 15.5. The van der Waals surface area contributed by atoms with Gasteiger partial charge in [0, 0.05) is 22.2 Å². The largest absolute Gasteiger partial charge is 0.317 e. The van der Waals surface area contributed by atoms with E-state index < -0.39 is 23.1 Å². The summed E-state index contributed by atoms with van der Waals surface area (Å²) in [6.45, 7) is 1.67. The number of amides is 1. The molecule has 2 aliphatic heterocycles. The number of carbonyl (C=O) groups is 1. The third kappa shape index (κ3) is 3.56. The van der Waals surface area contributed by atoms with E-state index in [2.05, 4.69) is 17.5 Å². The Hall–Kier alpha value is -2.24. The van der Waals surface area contributed by atoms with Crippen molar-refractivity contribution in [3.63, 3.8) is 0 Å². The van der Waals surface area contributed by atoms with Crippen LogP contribution < -0.4 is 10.2 Å². The van der Waals surface area contributed by atoms with Crippen molar-refractivity contribution in [2.45, 2.75) is 50.0 Å². The highest BCUT2D eigenvalue weighted by Gasteiger charge is 2.53. The van der Waals surface area contributed by atoms with Crippen molar-refractivity contribution in [3.05, 3.63) is 76.3 Å². The van der Waals surface area contributed by atoms with Crippen LogP contribution in [0.15, 0.2) is 48.6 Å². The van der Waals surface area contributed by atoms with Crippen LogP contribution in [0.1, 0.15) is 54.4 Å². The van der Waals surface area contributed by atoms with E-state index in [4.69, 9.17) is 11.6 Å². The Balaban J connectivity index is 1.65. The van der Waals surface area contributed by atoms with Crippen molar-refractivity contribution in [1.82, 2.24) is 5.32 Å². The van der Waals surface area contributed by atoms with E-state index in [1.807, 2.05) is 12.1 Å². The lowest BCUT2D eigenvalue weighted by Gasteiger charge is -2.43. The lowest BCUT2D eigenvalue weighted by molar-refractivity contribution is 0.0947. The number of fused-ring (bicyclic) bond motifs is 2. The maximum Gasteiger partial charge on any atom is 0.264 e. The van der Waals surface area contributed by atoms with Gasteiger partial charge in [0.25, 0.3) is 5.91 Å². The molecule has 0 bridgehead atoms. The molecule has 1 saturated heterocycles. The molecule has 5 rings (SSSR count). The van der Waals surface area contributed by atoms with Crippen LogP contribution >= 0.6 is 11.6 Å². The lowest BCUT2D eigenvalue weighted by Crippen LogP contribution is -2.53. The number of hydrogen-bond acceptors (Lipinski definition) is 2. The van der Waals surface area contributed by atoms with Gasteiger partial charge in [0.15, 0.2) is 0 Å². The number of benzene rings is 2. The molecule has 0 aromatic heterocycles. The summed E-state index contributed by atoms with van der Waals surface area (Å²) in [5.74, 6) is -1.81. The van der Waals surface area contributed by atoms with Crippen molar-refractivity contribution < 1.29 is 13.6 Å².